The molecule has 2 aromatic rings. The molecule has 0 aliphatic heterocycles. The average Bonchev–Trinajstić information content (AvgIpc) is 2.67. The number of amides is 2. The summed E-state index contributed by atoms with van der Waals surface area (Å²) in [4.78, 5) is 34.5. The highest BCUT2D eigenvalue weighted by Gasteiger charge is 2.16. The van der Waals surface area contributed by atoms with Crippen LogP contribution in [0.15, 0.2) is 53.6 Å². The molecular weight excluding hydrogens is 386 g/mol. The van der Waals surface area contributed by atoms with E-state index in [1.54, 1.807) is 6.92 Å². The largest absolute Gasteiger partial charge is 0.481 e. The van der Waals surface area contributed by atoms with Crippen LogP contribution in [0.5, 0.6) is 5.75 Å². The molecule has 8 nitrogen and oxygen atoms in total. The van der Waals surface area contributed by atoms with Crippen LogP contribution < -0.4 is 15.5 Å². The summed E-state index contributed by atoms with van der Waals surface area (Å²) in [6.45, 7) is 1.20. The van der Waals surface area contributed by atoms with Gasteiger partial charge in [-0.15, -0.1) is 0 Å². The SMILES string of the molecule is C[C@H](NC(=O)C(=O)N/N=C\c1cc(Cl)ccc1OCC(=O)O)c1ccccc1. The number of aliphatic carboxylic acids is 1. The standard InChI is InChI=1S/C19H18ClN3O5/c1-12(13-5-3-2-4-6-13)22-18(26)19(27)23-21-10-14-9-15(20)7-8-16(14)28-11-17(24)25/h2-10,12H,11H2,1H3,(H,22,26)(H,23,27)(H,24,25)/b21-10-/t12-/m0/s1. The smallest absolute Gasteiger partial charge is 0.341 e. The number of carbonyl (C=O) groups excluding carboxylic acids is 2. The first kappa shape index (κ1) is 20.9. The van der Waals surface area contributed by atoms with Gasteiger partial charge < -0.3 is 15.2 Å². The first-order valence-corrected chi connectivity index (χ1v) is 8.57. The number of hydrogen-bond acceptors (Lipinski definition) is 5. The highest BCUT2D eigenvalue weighted by atomic mass is 35.5. The van der Waals surface area contributed by atoms with Gasteiger partial charge in [0, 0.05) is 10.6 Å². The Morgan fingerprint density at radius 1 is 1.18 bits per heavy atom. The van der Waals surface area contributed by atoms with Gasteiger partial charge in [0.25, 0.3) is 0 Å². The second-order valence-electron chi connectivity index (χ2n) is 5.67. The molecule has 2 aromatic carbocycles. The maximum Gasteiger partial charge on any atom is 0.341 e. The van der Waals surface area contributed by atoms with Crippen LogP contribution in [0.4, 0.5) is 0 Å². The Morgan fingerprint density at radius 3 is 2.57 bits per heavy atom. The van der Waals surface area contributed by atoms with E-state index in [9.17, 15) is 14.4 Å². The number of rotatable bonds is 7. The minimum Gasteiger partial charge on any atom is -0.481 e. The van der Waals surface area contributed by atoms with Crippen LogP contribution >= 0.6 is 11.6 Å². The van der Waals surface area contributed by atoms with Gasteiger partial charge in [-0.3, -0.25) is 9.59 Å². The molecule has 0 saturated heterocycles. The molecular formula is C19H18ClN3O5. The Hall–Kier alpha value is -3.39. The first-order chi connectivity index (χ1) is 13.4. The molecule has 0 spiro atoms. The Balaban J connectivity index is 1.96. The minimum absolute atomic E-state index is 0.215. The second-order valence-corrected chi connectivity index (χ2v) is 6.11. The number of carboxylic acid groups (broad SMARTS) is 1. The van der Waals surface area contributed by atoms with Crippen molar-refractivity contribution in [1.82, 2.24) is 10.7 Å². The summed E-state index contributed by atoms with van der Waals surface area (Å²) in [5.74, 6) is -2.72. The van der Waals surface area contributed by atoms with Gasteiger partial charge in [0.2, 0.25) is 0 Å². The van der Waals surface area contributed by atoms with Crippen molar-refractivity contribution in [2.24, 2.45) is 5.10 Å². The molecule has 0 heterocycles. The Labute approximate surface area is 166 Å². The van der Waals surface area contributed by atoms with Gasteiger partial charge in [0.15, 0.2) is 6.61 Å². The van der Waals surface area contributed by atoms with Gasteiger partial charge in [-0.2, -0.15) is 5.10 Å². The zero-order valence-electron chi connectivity index (χ0n) is 14.9. The van der Waals surface area contributed by atoms with Crippen molar-refractivity contribution in [3.63, 3.8) is 0 Å². The van der Waals surface area contributed by atoms with Crippen molar-refractivity contribution in [2.45, 2.75) is 13.0 Å². The van der Waals surface area contributed by atoms with Gasteiger partial charge in [-0.05, 0) is 30.7 Å². The molecule has 3 N–H and O–H groups in total. The number of nitrogens with zero attached hydrogens (tertiary/aromatic N) is 1. The summed E-state index contributed by atoms with van der Waals surface area (Å²) >= 11 is 5.90. The Kier molecular flexibility index (Phi) is 7.53. The molecule has 0 saturated carbocycles. The number of carbonyl (C=O) groups is 3. The molecule has 0 bridgehead atoms. The normalized spacial score (nSPS) is 11.6. The number of halogens is 1. The molecule has 0 unspecified atom stereocenters. The molecule has 2 rings (SSSR count). The maximum atomic E-state index is 12.0. The molecule has 0 aliphatic rings. The number of hydrazone groups is 1. The number of nitrogens with one attached hydrogen (secondary N) is 2. The van der Waals surface area contributed by atoms with Gasteiger partial charge in [-0.25, -0.2) is 10.2 Å². The van der Waals surface area contributed by atoms with Crippen LogP contribution in [-0.2, 0) is 14.4 Å². The van der Waals surface area contributed by atoms with Crippen molar-refractivity contribution >= 4 is 35.6 Å². The monoisotopic (exact) mass is 403 g/mol. The van der Waals surface area contributed by atoms with Gasteiger partial charge in [0.05, 0.1) is 12.3 Å². The highest BCUT2D eigenvalue weighted by Crippen LogP contribution is 2.21. The third-order valence-corrected chi connectivity index (χ3v) is 3.78. The molecule has 0 aliphatic carbocycles. The summed E-state index contributed by atoms with van der Waals surface area (Å²) < 4.78 is 5.12. The van der Waals surface area contributed by atoms with E-state index in [1.165, 1.54) is 24.4 Å². The predicted molar refractivity (Wildman–Crippen MR) is 103 cm³/mol. The average molecular weight is 404 g/mol. The fraction of sp³-hybridized carbons (Fsp3) is 0.158. The van der Waals surface area contributed by atoms with Crippen LogP contribution in [0.2, 0.25) is 5.02 Å². The zero-order chi connectivity index (χ0) is 20.5. The Bertz CT molecular complexity index is 886. The molecule has 146 valence electrons. The molecule has 0 fully saturated rings. The van der Waals surface area contributed by atoms with Crippen molar-refractivity contribution in [3.8, 4) is 5.75 Å². The quantitative estimate of drug-likeness (QED) is 0.372. The summed E-state index contributed by atoms with van der Waals surface area (Å²) in [5.41, 5.74) is 3.30. The number of ether oxygens (including phenoxy) is 1. The van der Waals surface area contributed by atoms with Crippen LogP contribution in [0, 0.1) is 0 Å². The Morgan fingerprint density at radius 2 is 1.89 bits per heavy atom. The zero-order valence-corrected chi connectivity index (χ0v) is 15.6. The topological polar surface area (TPSA) is 117 Å². The van der Waals surface area contributed by atoms with E-state index in [2.05, 4.69) is 15.8 Å². The lowest BCUT2D eigenvalue weighted by Gasteiger charge is -2.13. The number of hydrogen-bond donors (Lipinski definition) is 3. The van der Waals surface area contributed by atoms with Crippen molar-refractivity contribution < 1.29 is 24.2 Å². The highest BCUT2D eigenvalue weighted by molar-refractivity contribution is 6.35. The summed E-state index contributed by atoms with van der Waals surface area (Å²) in [6, 6.07) is 13.3. The fourth-order valence-corrected chi connectivity index (χ4v) is 2.37. The van der Waals surface area contributed by atoms with Crippen LogP contribution in [0.25, 0.3) is 0 Å². The van der Waals surface area contributed by atoms with Crippen molar-refractivity contribution in [3.05, 3.63) is 64.7 Å². The summed E-state index contributed by atoms with van der Waals surface area (Å²) in [6.07, 6.45) is 1.20. The lowest BCUT2D eigenvalue weighted by Crippen LogP contribution is -2.39. The van der Waals surface area contributed by atoms with Gasteiger partial charge >= 0.3 is 17.8 Å². The maximum absolute atomic E-state index is 12.0. The minimum atomic E-state index is -1.14. The van der Waals surface area contributed by atoms with E-state index in [0.29, 0.717) is 10.6 Å². The van der Waals surface area contributed by atoms with E-state index in [0.717, 1.165) is 5.56 Å². The molecule has 9 heteroatoms. The van der Waals surface area contributed by atoms with Crippen LogP contribution in [-0.4, -0.2) is 35.7 Å². The summed E-state index contributed by atoms with van der Waals surface area (Å²) in [7, 11) is 0. The van der Waals surface area contributed by atoms with Gasteiger partial charge in [-0.1, -0.05) is 41.9 Å². The van der Waals surface area contributed by atoms with E-state index >= 15 is 0 Å². The van der Waals surface area contributed by atoms with E-state index < -0.39 is 24.4 Å². The third kappa shape index (κ3) is 6.40. The fourth-order valence-electron chi connectivity index (χ4n) is 2.19. The molecule has 2 amide bonds. The molecule has 28 heavy (non-hydrogen) atoms. The van der Waals surface area contributed by atoms with Crippen molar-refractivity contribution in [2.75, 3.05) is 6.61 Å². The molecule has 0 radical (unpaired) electrons. The van der Waals surface area contributed by atoms with Gasteiger partial charge in [0.1, 0.15) is 5.75 Å². The van der Waals surface area contributed by atoms with Crippen molar-refractivity contribution in [1.29, 1.82) is 0 Å². The number of carboxylic acids is 1. The van der Waals surface area contributed by atoms with Crippen LogP contribution in [0.3, 0.4) is 0 Å². The lowest BCUT2D eigenvalue weighted by molar-refractivity contribution is -0.139. The molecule has 0 aromatic heterocycles. The predicted octanol–water partition coefficient (Wildman–Crippen LogP) is 2.13. The number of benzene rings is 2. The van der Waals surface area contributed by atoms with Crippen LogP contribution in [0.1, 0.15) is 24.1 Å². The molecule has 1 atom stereocenters. The lowest BCUT2D eigenvalue weighted by atomic mass is 10.1. The first-order valence-electron chi connectivity index (χ1n) is 8.20. The second kappa shape index (κ2) is 10.1. The third-order valence-electron chi connectivity index (χ3n) is 3.55. The van der Waals surface area contributed by atoms with E-state index in [-0.39, 0.29) is 11.8 Å². The van der Waals surface area contributed by atoms with E-state index in [4.69, 9.17) is 21.4 Å². The van der Waals surface area contributed by atoms with E-state index in [1.807, 2.05) is 30.3 Å². The summed E-state index contributed by atoms with van der Waals surface area (Å²) in [5, 5.41) is 15.3.